The van der Waals surface area contributed by atoms with Crippen molar-refractivity contribution in [1.82, 2.24) is 10.3 Å². The minimum absolute atomic E-state index is 0.158. The van der Waals surface area contributed by atoms with Crippen molar-refractivity contribution in [2.24, 2.45) is 0 Å². The van der Waals surface area contributed by atoms with Gasteiger partial charge < -0.3 is 15.0 Å². The van der Waals surface area contributed by atoms with Crippen molar-refractivity contribution in [2.75, 3.05) is 7.11 Å². The third-order valence-corrected chi connectivity index (χ3v) is 3.09. The molecule has 1 heterocycles. The van der Waals surface area contributed by atoms with Gasteiger partial charge in [-0.25, -0.2) is 18.0 Å². The van der Waals surface area contributed by atoms with E-state index >= 15 is 0 Å². The summed E-state index contributed by atoms with van der Waals surface area (Å²) in [6.07, 6.45) is 0.974. The highest BCUT2D eigenvalue weighted by Gasteiger charge is 2.16. The highest BCUT2D eigenvalue weighted by molar-refractivity contribution is 5.94. The maximum absolute atomic E-state index is 13.5. The van der Waals surface area contributed by atoms with Crippen LogP contribution in [-0.4, -0.2) is 24.0 Å². The van der Waals surface area contributed by atoms with Gasteiger partial charge in [0.25, 0.3) is 5.91 Å². The van der Waals surface area contributed by atoms with Crippen LogP contribution in [0.1, 0.15) is 26.4 Å². The van der Waals surface area contributed by atoms with Crippen molar-refractivity contribution in [1.29, 1.82) is 0 Å². The molecular formula is C15H11F3N2O4. The van der Waals surface area contributed by atoms with Crippen LogP contribution in [0, 0.1) is 17.5 Å². The molecule has 24 heavy (non-hydrogen) atoms. The lowest BCUT2D eigenvalue weighted by Crippen LogP contribution is -2.29. The number of benzene rings is 1. The number of H-pyrrole nitrogens is 1. The Morgan fingerprint density at radius 1 is 1.17 bits per heavy atom. The van der Waals surface area contributed by atoms with Crippen molar-refractivity contribution in [3.63, 3.8) is 0 Å². The fourth-order valence-electron chi connectivity index (χ4n) is 1.88. The Morgan fingerprint density at radius 3 is 2.33 bits per heavy atom. The molecule has 0 aliphatic heterocycles. The molecule has 1 aromatic carbocycles. The molecule has 2 N–H and O–H groups in total. The van der Waals surface area contributed by atoms with Gasteiger partial charge in [-0.1, -0.05) is 0 Å². The lowest BCUT2D eigenvalue weighted by Gasteiger charge is -2.08. The Kier molecular flexibility index (Phi) is 5.02. The number of esters is 1. The Labute approximate surface area is 133 Å². The second-order valence-electron chi connectivity index (χ2n) is 4.65. The Morgan fingerprint density at radius 2 is 1.79 bits per heavy atom. The van der Waals surface area contributed by atoms with Crippen LogP contribution in [0.5, 0.6) is 0 Å². The van der Waals surface area contributed by atoms with E-state index in [0.29, 0.717) is 12.1 Å². The van der Waals surface area contributed by atoms with Crippen LogP contribution >= 0.6 is 0 Å². The first-order valence-electron chi connectivity index (χ1n) is 6.56. The smallest absolute Gasteiger partial charge is 0.354 e. The van der Waals surface area contributed by atoms with Gasteiger partial charge in [-0.05, 0) is 0 Å². The van der Waals surface area contributed by atoms with Gasteiger partial charge >= 0.3 is 5.97 Å². The molecule has 9 heteroatoms. The molecule has 0 saturated carbocycles. The summed E-state index contributed by atoms with van der Waals surface area (Å²) in [4.78, 5) is 37.4. The van der Waals surface area contributed by atoms with Gasteiger partial charge in [0.2, 0.25) is 0 Å². The van der Waals surface area contributed by atoms with Gasteiger partial charge in [0.05, 0.1) is 7.11 Å². The highest BCUT2D eigenvalue weighted by Crippen LogP contribution is 2.14. The minimum atomic E-state index is -1.16. The first kappa shape index (κ1) is 17.3. The predicted octanol–water partition coefficient (Wildman–Crippen LogP) is 1.51. The Hall–Kier alpha value is -3.10. The van der Waals surface area contributed by atoms with E-state index in [1.54, 1.807) is 0 Å². The molecule has 1 amide bonds. The maximum Gasteiger partial charge on any atom is 0.354 e. The van der Waals surface area contributed by atoms with E-state index < -0.39 is 46.9 Å². The van der Waals surface area contributed by atoms with E-state index in [4.69, 9.17) is 0 Å². The molecule has 6 nitrogen and oxygen atoms in total. The monoisotopic (exact) mass is 340 g/mol. The number of nitrogens with one attached hydrogen (secondary N) is 2. The molecule has 0 aliphatic carbocycles. The first-order chi connectivity index (χ1) is 11.3. The second kappa shape index (κ2) is 6.99. The number of pyridine rings is 1. The fraction of sp³-hybridized carbons (Fsp3) is 0.133. The summed E-state index contributed by atoms with van der Waals surface area (Å²) in [7, 11) is 1.12. The average Bonchev–Trinajstić information content (AvgIpc) is 2.52. The molecule has 2 rings (SSSR count). The van der Waals surface area contributed by atoms with Crippen LogP contribution in [0.2, 0.25) is 0 Å². The summed E-state index contributed by atoms with van der Waals surface area (Å²) < 4.78 is 44.2. The number of methoxy groups -OCH3 is 1. The number of carbonyl (C=O) groups is 2. The molecule has 2 aromatic rings. The third-order valence-electron chi connectivity index (χ3n) is 3.09. The summed E-state index contributed by atoms with van der Waals surface area (Å²) in [5, 5.41) is 2.14. The summed E-state index contributed by atoms with van der Waals surface area (Å²) in [6, 6.07) is 1.81. The number of ether oxygens (including phenoxy) is 1. The number of halogens is 3. The Bertz CT molecular complexity index is 841. The van der Waals surface area contributed by atoms with E-state index in [-0.39, 0.29) is 11.3 Å². The van der Waals surface area contributed by atoms with Crippen molar-refractivity contribution in [2.45, 2.75) is 6.54 Å². The van der Waals surface area contributed by atoms with Crippen LogP contribution in [0.3, 0.4) is 0 Å². The average molecular weight is 340 g/mol. The summed E-state index contributed by atoms with van der Waals surface area (Å²) in [5.41, 5.74) is -1.86. The van der Waals surface area contributed by atoms with Crippen molar-refractivity contribution in [3.05, 3.63) is 68.9 Å². The number of carbonyl (C=O) groups excluding carboxylic acids is 2. The van der Waals surface area contributed by atoms with Crippen molar-refractivity contribution >= 4 is 11.9 Å². The standard InChI is InChI=1S/C15H11F3N2O4/c1-24-15(23)12-4-13(21)9(6-19-12)14(22)20-5-8-10(17)2-7(16)3-11(8)18/h2-4,6H,5H2,1H3,(H,19,21)(H,20,22). The number of hydrogen-bond donors (Lipinski definition) is 2. The van der Waals surface area contributed by atoms with Crippen molar-refractivity contribution < 1.29 is 27.5 Å². The molecule has 0 unspecified atom stereocenters. The molecule has 1 aromatic heterocycles. The second-order valence-corrected chi connectivity index (χ2v) is 4.65. The van der Waals surface area contributed by atoms with Crippen LogP contribution in [0.4, 0.5) is 13.2 Å². The molecule has 0 radical (unpaired) electrons. The molecule has 0 bridgehead atoms. The number of hydrogen-bond acceptors (Lipinski definition) is 4. The maximum atomic E-state index is 13.5. The molecule has 126 valence electrons. The van der Waals surface area contributed by atoms with Gasteiger partial charge in [0, 0.05) is 36.5 Å². The van der Waals surface area contributed by atoms with E-state index in [1.165, 1.54) is 0 Å². The zero-order valence-corrected chi connectivity index (χ0v) is 12.3. The van der Waals surface area contributed by atoms with Gasteiger partial charge in [-0.3, -0.25) is 9.59 Å². The van der Waals surface area contributed by atoms with Gasteiger partial charge in [0.15, 0.2) is 5.43 Å². The lowest BCUT2D eigenvalue weighted by molar-refractivity contribution is 0.0593. The van der Waals surface area contributed by atoms with E-state index in [2.05, 4.69) is 15.0 Å². The van der Waals surface area contributed by atoms with Gasteiger partial charge in [-0.2, -0.15) is 0 Å². The topological polar surface area (TPSA) is 88.3 Å². The SMILES string of the molecule is COC(=O)c1cc(=O)c(C(=O)NCc2c(F)cc(F)cc2F)c[nH]1. The zero-order chi connectivity index (χ0) is 17.9. The number of aromatic amines is 1. The van der Waals surface area contributed by atoms with E-state index in [9.17, 15) is 27.6 Å². The molecule has 0 saturated heterocycles. The lowest BCUT2D eigenvalue weighted by atomic mass is 10.1. The van der Waals surface area contributed by atoms with Crippen LogP contribution < -0.4 is 10.7 Å². The predicted molar refractivity (Wildman–Crippen MR) is 75.9 cm³/mol. The normalized spacial score (nSPS) is 10.3. The number of aromatic nitrogens is 1. The summed E-state index contributed by atoms with van der Waals surface area (Å²) >= 11 is 0. The summed E-state index contributed by atoms with van der Waals surface area (Å²) in [5.74, 6) is -5.13. The van der Waals surface area contributed by atoms with Crippen LogP contribution in [0.15, 0.2) is 29.2 Å². The molecule has 0 aliphatic rings. The minimum Gasteiger partial charge on any atom is -0.464 e. The highest BCUT2D eigenvalue weighted by atomic mass is 19.1. The van der Waals surface area contributed by atoms with Gasteiger partial charge in [-0.15, -0.1) is 0 Å². The molecule has 0 spiro atoms. The van der Waals surface area contributed by atoms with Gasteiger partial charge in [0.1, 0.15) is 28.7 Å². The van der Waals surface area contributed by atoms with E-state index in [1.807, 2.05) is 0 Å². The molecular weight excluding hydrogens is 329 g/mol. The first-order valence-corrected chi connectivity index (χ1v) is 6.56. The largest absolute Gasteiger partial charge is 0.464 e. The third kappa shape index (κ3) is 3.62. The van der Waals surface area contributed by atoms with E-state index in [0.717, 1.165) is 19.4 Å². The summed E-state index contributed by atoms with van der Waals surface area (Å²) in [6.45, 7) is -0.588. The zero-order valence-electron chi connectivity index (χ0n) is 12.3. The fourth-order valence-corrected chi connectivity index (χ4v) is 1.88. The number of amides is 1. The molecule has 0 atom stereocenters. The Balaban J connectivity index is 2.17. The van der Waals surface area contributed by atoms with Crippen LogP contribution in [-0.2, 0) is 11.3 Å². The number of rotatable bonds is 4. The quantitative estimate of drug-likeness (QED) is 0.826. The molecule has 0 fully saturated rings. The van der Waals surface area contributed by atoms with Crippen LogP contribution in [0.25, 0.3) is 0 Å². The van der Waals surface area contributed by atoms with Crippen molar-refractivity contribution in [3.8, 4) is 0 Å².